The third kappa shape index (κ3) is 2.97. The monoisotopic (exact) mass is 253 g/mol. The Balaban J connectivity index is 1.98. The van der Waals surface area contributed by atoms with Crippen LogP contribution in [0.1, 0.15) is 16.1 Å². The van der Waals surface area contributed by atoms with E-state index in [9.17, 15) is 14.0 Å². The smallest absolute Gasteiger partial charge is 0.304 e. The fourth-order valence-electron chi connectivity index (χ4n) is 1.19. The van der Waals surface area contributed by atoms with Crippen LogP contribution in [0.3, 0.4) is 0 Å². The minimum Gasteiger partial charge on any atom is -0.346 e. The van der Waals surface area contributed by atoms with Crippen molar-refractivity contribution < 1.29 is 9.18 Å². The molecule has 88 valence electrons. The van der Waals surface area contributed by atoms with E-state index in [1.165, 1.54) is 6.07 Å². The number of amides is 1. The number of nitrogens with zero attached hydrogens (tertiary/aromatic N) is 1. The third-order valence-electron chi connectivity index (χ3n) is 2.00. The molecule has 2 aromatic rings. The molecule has 0 bridgehead atoms. The van der Waals surface area contributed by atoms with Crippen LogP contribution in [-0.4, -0.2) is 15.9 Å². The van der Waals surface area contributed by atoms with Gasteiger partial charge < -0.3 is 10.3 Å². The van der Waals surface area contributed by atoms with Crippen molar-refractivity contribution in [1.82, 2.24) is 15.3 Å². The number of rotatable bonds is 3. The number of carbonyl (C=O) groups excluding carboxylic acids is 1. The molecule has 2 aromatic heterocycles. The lowest BCUT2D eigenvalue weighted by Gasteiger charge is -2.02. The first kappa shape index (κ1) is 11.5. The van der Waals surface area contributed by atoms with Gasteiger partial charge in [-0.15, -0.1) is 0 Å². The number of hydrogen-bond donors (Lipinski definition) is 2. The second-order valence-electron chi connectivity index (χ2n) is 3.23. The zero-order valence-electron chi connectivity index (χ0n) is 8.57. The fourth-order valence-corrected chi connectivity index (χ4v) is 1.77. The molecule has 0 aliphatic heterocycles. The van der Waals surface area contributed by atoms with E-state index in [4.69, 9.17) is 0 Å². The SMILES string of the molecule is O=C(NCc1csc(=O)[nH]1)c1ccc(F)nc1. The van der Waals surface area contributed by atoms with Crippen LogP contribution in [0.4, 0.5) is 4.39 Å². The van der Waals surface area contributed by atoms with Crippen LogP contribution in [0.15, 0.2) is 28.5 Å². The molecule has 17 heavy (non-hydrogen) atoms. The Kier molecular flexibility index (Phi) is 3.29. The summed E-state index contributed by atoms with van der Waals surface area (Å²) in [6.45, 7) is 0.217. The van der Waals surface area contributed by atoms with Gasteiger partial charge in [-0.05, 0) is 12.1 Å². The summed E-state index contributed by atoms with van der Waals surface area (Å²) in [6, 6.07) is 2.45. The van der Waals surface area contributed by atoms with Crippen molar-refractivity contribution in [2.24, 2.45) is 0 Å². The maximum absolute atomic E-state index is 12.5. The molecule has 1 amide bonds. The summed E-state index contributed by atoms with van der Waals surface area (Å²) >= 11 is 1.03. The van der Waals surface area contributed by atoms with Gasteiger partial charge in [-0.1, -0.05) is 11.3 Å². The third-order valence-corrected chi connectivity index (χ3v) is 2.72. The molecule has 0 fully saturated rings. The van der Waals surface area contributed by atoms with Crippen molar-refractivity contribution in [2.45, 2.75) is 6.54 Å². The number of aromatic nitrogens is 2. The second kappa shape index (κ2) is 4.88. The molecule has 0 atom stereocenters. The van der Waals surface area contributed by atoms with Crippen molar-refractivity contribution in [3.05, 3.63) is 50.6 Å². The molecule has 0 radical (unpaired) electrons. The molecule has 2 N–H and O–H groups in total. The Morgan fingerprint density at radius 3 is 2.94 bits per heavy atom. The molecular formula is C10H8FN3O2S. The highest BCUT2D eigenvalue weighted by molar-refractivity contribution is 7.07. The summed E-state index contributed by atoms with van der Waals surface area (Å²) in [4.78, 5) is 28.2. The first-order valence-electron chi connectivity index (χ1n) is 4.71. The molecule has 0 saturated carbocycles. The van der Waals surface area contributed by atoms with Gasteiger partial charge in [-0.3, -0.25) is 9.59 Å². The van der Waals surface area contributed by atoms with Crippen LogP contribution in [0.25, 0.3) is 0 Å². The number of carbonyl (C=O) groups is 1. The minimum absolute atomic E-state index is 0.169. The maximum atomic E-state index is 12.5. The van der Waals surface area contributed by atoms with E-state index >= 15 is 0 Å². The van der Waals surface area contributed by atoms with E-state index in [1.54, 1.807) is 5.38 Å². The predicted octanol–water partition coefficient (Wildman–Crippen LogP) is 0.901. The topological polar surface area (TPSA) is 74.8 Å². The normalized spacial score (nSPS) is 10.2. The van der Waals surface area contributed by atoms with E-state index in [-0.39, 0.29) is 22.9 Å². The van der Waals surface area contributed by atoms with Crippen LogP contribution in [-0.2, 0) is 6.54 Å². The molecule has 2 rings (SSSR count). The summed E-state index contributed by atoms with van der Waals surface area (Å²) in [5.74, 6) is -1.01. The standard InChI is InChI=1S/C10H8FN3O2S/c11-8-2-1-6(3-12-8)9(15)13-4-7-5-17-10(16)14-7/h1-3,5H,4H2,(H,13,15)(H,14,16). The van der Waals surface area contributed by atoms with Crippen LogP contribution in [0.2, 0.25) is 0 Å². The molecule has 0 spiro atoms. The van der Waals surface area contributed by atoms with E-state index < -0.39 is 5.95 Å². The van der Waals surface area contributed by atoms with Gasteiger partial charge in [0.05, 0.1) is 12.1 Å². The maximum Gasteiger partial charge on any atom is 0.304 e. The van der Waals surface area contributed by atoms with Crippen molar-refractivity contribution in [1.29, 1.82) is 0 Å². The van der Waals surface area contributed by atoms with E-state index in [1.807, 2.05) is 0 Å². The molecule has 7 heteroatoms. The first-order valence-corrected chi connectivity index (χ1v) is 5.59. The van der Waals surface area contributed by atoms with Gasteiger partial charge in [-0.25, -0.2) is 4.98 Å². The van der Waals surface area contributed by atoms with Crippen molar-refractivity contribution in [3.63, 3.8) is 0 Å². The van der Waals surface area contributed by atoms with Gasteiger partial charge in [0.25, 0.3) is 5.91 Å². The Morgan fingerprint density at radius 2 is 2.35 bits per heavy atom. The van der Waals surface area contributed by atoms with Crippen LogP contribution in [0, 0.1) is 5.95 Å². The highest BCUT2D eigenvalue weighted by Gasteiger charge is 2.06. The number of aromatic amines is 1. The van der Waals surface area contributed by atoms with Crippen molar-refractivity contribution in [3.8, 4) is 0 Å². The molecule has 5 nitrogen and oxygen atoms in total. The van der Waals surface area contributed by atoms with E-state index in [2.05, 4.69) is 15.3 Å². The molecule has 2 heterocycles. The minimum atomic E-state index is -0.635. The van der Waals surface area contributed by atoms with Crippen LogP contribution in [0.5, 0.6) is 0 Å². The number of halogens is 1. The molecule has 0 aromatic carbocycles. The Bertz CT molecular complexity index is 576. The highest BCUT2D eigenvalue weighted by Crippen LogP contribution is 2.00. The summed E-state index contributed by atoms with van der Waals surface area (Å²) in [5, 5.41) is 4.21. The lowest BCUT2D eigenvalue weighted by molar-refractivity contribution is 0.0950. The fraction of sp³-hybridized carbons (Fsp3) is 0.100. The zero-order valence-corrected chi connectivity index (χ0v) is 9.38. The molecular weight excluding hydrogens is 245 g/mol. The predicted molar refractivity (Wildman–Crippen MR) is 60.3 cm³/mol. The summed E-state index contributed by atoms with van der Waals surface area (Å²) in [5.41, 5.74) is 0.896. The lowest BCUT2D eigenvalue weighted by atomic mass is 10.2. The Morgan fingerprint density at radius 1 is 1.53 bits per heavy atom. The van der Waals surface area contributed by atoms with Gasteiger partial charge in [0.1, 0.15) is 0 Å². The largest absolute Gasteiger partial charge is 0.346 e. The number of pyridine rings is 1. The quantitative estimate of drug-likeness (QED) is 0.798. The number of nitrogens with one attached hydrogen (secondary N) is 2. The Hall–Kier alpha value is -2.02. The summed E-state index contributed by atoms with van der Waals surface area (Å²) < 4.78 is 12.5. The second-order valence-corrected chi connectivity index (χ2v) is 4.07. The zero-order chi connectivity index (χ0) is 12.3. The Labute approximate surface area is 99.3 Å². The molecule has 0 saturated heterocycles. The van der Waals surface area contributed by atoms with Crippen molar-refractivity contribution >= 4 is 17.2 Å². The lowest BCUT2D eigenvalue weighted by Crippen LogP contribution is -2.23. The average molecular weight is 253 g/mol. The molecule has 0 aliphatic carbocycles. The number of thiazole rings is 1. The molecule has 0 unspecified atom stereocenters. The average Bonchev–Trinajstić information content (AvgIpc) is 2.73. The van der Waals surface area contributed by atoms with E-state index in [0.29, 0.717) is 5.69 Å². The molecule has 0 aliphatic rings. The number of hydrogen-bond acceptors (Lipinski definition) is 4. The summed E-state index contributed by atoms with van der Waals surface area (Å²) in [7, 11) is 0. The van der Waals surface area contributed by atoms with E-state index in [0.717, 1.165) is 23.6 Å². The summed E-state index contributed by atoms with van der Waals surface area (Å²) in [6.07, 6.45) is 1.15. The van der Waals surface area contributed by atoms with Crippen LogP contribution < -0.4 is 10.2 Å². The van der Waals surface area contributed by atoms with Gasteiger partial charge in [0.2, 0.25) is 5.95 Å². The van der Waals surface area contributed by atoms with Gasteiger partial charge in [-0.2, -0.15) is 4.39 Å². The first-order chi connectivity index (χ1) is 8.15. The van der Waals surface area contributed by atoms with Crippen molar-refractivity contribution in [2.75, 3.05) is 0 Å². The number of H-pyrrole nitrogens is 1. The van der Waals surface area contributed by atoms with Gasteiger partial charge >= 0.3 is 4.87 Å². The van der Waals surface area contributed by atoms with Crippen LogP contribution >= 0.6 is 11.3 Å². The van der Waals surface area contributed by atoms with Gasteiger partial charge in [0.15, 0.2) is 0 Å². The van der Waals surface area contributed by atoms with Gasteiger partial charge in [0, 0.05) is 17.3 Å². The highest BCUT2D eigenvalue weighted by atomic mass is 32.1.